The van der Waals surface area contributed by atoms with Crippen molar-refractivity contribution in [2.75, 3.05) is 0 Å². The van der Waals surface area contributed by atoms with Crippen molar-refractivity contribution in [3.63, 3.8) is 0 Å². The van der Waals surface area contributed by atoms with E-state index in [4.69, 9.17) is 5.11 Å². The van der Waals surface area contributed by atoms with Crippen molar-refractivity contribution < 1.29 is 88.2 Å². The molecule has 18 nitrogen and oxygen atoms in total. The zero-order chi connectivity index (χ0) is 60.8. The van der Waals surface area contributed by atoms with E-state index >= 15 is 0 Å². The highest BCUT2D eigenvalue weighted by molar-refractivity contribution is 6.11. The molecule has 0 heterocycles. The lowest BCUT2D eigenvalue weighted by Crippen LogP contribution is -2.42. The van der Waals surface area contributed by atoms with E-state index in [-0.39, 0.29) is 42.4 Å². The fraction of sp³-hybridized carbons (Fsp3) is 0.789. The molecule has 6 N–H and O–H groups in total. The van der Waals surface area contributed by atoms with E-state index < -0.39 is 79.9 Å². The first-order valence-corrected chi connectivity index (χ1v) is 26.7. The summed E-state index contributed by atoms with van der Waals surface area (Å²) in [4.78, 5) is 132. The van der Waals surface area contributed by atoms with Crippen LogP contribution >= 0.6 is 0 Å². The van der Waals surface area contributed by atoms with E-state index in [1.165, 1.54) is 95.9 Å². The van der Waals surface area contributed by atoms with Crippen molar-refractivity contribution in [1.29, 1.82) is 0 Å². The molecule has 0 radical (unpaired) electrons. The largest absolute Gasteiger partial charge is 0.375 e. The Bertz CT molecular complexity index is 1800. The topological polar surface area (TPSA) is 326 Å². The van der Waals surface area contributed by atoms with Gasteiger partial charge in [-0.05, 0) is 115 Å². The van der Waals surface area contributed by atoms with Crippen LogP contribution in [0.15, 0.2) is 0 Å². The molecule has 0 rings (SSSR count). The van der Waals surface area contributed by atoms with Crippen molar-refractivity contribution >= 4 is 69.4 Å². The fourth-order valence-corrected chi connectivity index (χ4v) is 5.44. The molecule has 0 spiro atoms. The summed E-state index contributed by atoms with van der Waals surface area (Å²) in [5.41, 5.74) is -10.6. The van der Waals surface area contributed by atoms with Gasteiger partial charge in [-0.1, -0.05) is 106 Å². The first kappa shape index (κ1) is 82.1. The second-order valence-corrected chi connectivity index (χ2v) is 19.9. The average molecular weight is 1080 g/mol. The Morgan fingerprint density at radius 3 is 0.613 bits per heavy atom. The molecule has 438 valence electrons. The molecule has 6 atom stereocenters. The van der Waals surface area contributed by atoms with Gasteiger partial charge >= 0.3 is 0 Å². The first-order valence-electron chi connectivity index (χ1n) is 26.7. The Hall–Kier alpha value is -4.20. The number of carbonyl (C=O) groups is 12. The molecule has 0 aliphatic carbocycles. The molecule has 0 fully saturated rings. The molecule has 0 saturated carbocycles. The van der Waals surface area contributed by atoms with Crippen LogP contribution in [0, 0.1) is 0 Å². The van der Waals surface area contributed by atoms with Gasteiger partial charge in [0.25, 0.3) is 0 Å². The van der Waals surface area contributed by atoms with Crippen molar-refractivity contribution in [2.45, 2.75) is 293 Å². The van der Waals surface area contributed by atoms with Gasteiger partial charge in [0.15, 0.2) is 103 Å². The quantitative estimate of drug-likeness (QED) is 0.0271. The third kappa shape index (κ3) is 35.7. The zero-order valence-electron chi connectivity index (χ0n) is 49.4. The van der Waals surface area contributed by atoms with Crippen LogP contribution in [0.5, 0.6) is 0 Å². The third-order valence-electron chi connectivity index (χ3n) is 12.7. The highest BCUT2D eigenvalue weighted by Crippen LogP contribution is 2.16. The van der Waals surface area contributed by atoms with Gasteiger partial charge in [-0.3, -0.25) is 57.5 Å². The van der Waals surface area contributed by atoms with E-state index in [2.05, 4.69) is 13.8 Å². The van der Waals surface area contributed by atoms with Crippen LogP contribution in [-0.4, -0.2) is 134 Å². The fourth-order valence-electron chi connectivity index (χ4n) is 5.44. The molecule has 0 aromatic rings. The van der Waals surface area contributed by atoms with Gasteiger partial charge in [-0.2, -0.15) is 0 Å². The monoisotopic (exact) mass is 1070 g/mol. The average Bonchev–Trinajstić information content (AvgIpc) is 3.32. The molecule has 6 unspecified atom stereocenters. The summed E-state index contributed by atoms with van der Waals surface area (Å²) in [5, 5.41) is 56.4. The minimum atomic E-state index is -1.77. The number of Topliss-reactive ketones (excluding diaryl/α,β-unsaturated/α-hetero) is 12. The molecule has 75 heavy (non-hydrogen) atoms. The molecule has 0 aliphatic heterocycles. The second-order valence-electron chi connectivity index (χ2n) is 19.9. The number of hydrogen-bond acceptors (Lipinski definition) is 18. The Kier molecular flexibility index (Phi) is 45.9. The van der Waals surface area contributed by atoms with Crippen LogP contribution < -0.4 is 0 Å². The Morgan fingerprint density at radius 1 is 0.240 bits per heavy atom. The van der Waals surface area contributed by atoms with Crippen molar-refractivity contribution in [2.24, 2.45) is 0 Å². The third-order valence-corrected chi connectivity index (χ3v) is 12.7. The highest BCUT2D eigenvalue weighted by atomic mass is 16.3. The maximum Gasteiger partial charge on any atom is 0.177 e. The van der Waals surface area contributed by atoms with Crippen molar-refractivity contribution in [3.8, 4) is 0 Å². The van der Waals surface area contributed by atoms with Crippen LogP contribution in [0.1, 0.15) is 259 Å². The lowest BCUT2D eigenvalue weighted by molar-refractivity contribution is -0.148. The summed E-state index contributed by atoms with van der Waals surface area (Å²) < 4.78 is 0. The van der Waals surface area contributed by atoms with Crippen LogP contribution in [0.2, 0.25) is 0 Å². The highest BCUT2D eigenvalue weighted by Gasteiger charge is 2.38. The Balaban J connectivity index is -0.000000191. The number of carbonyl (C=O) groups excluding carboxylic acids is 12. The van der Waals surface area contributed by atoms with Crippen LogP contribution in [-0.2, 0) is 57.5 Å². The number of hydrogen-bond donors (Lipinski definition) is 6. The van der Waals surface area contributed by atoms with Crippen molar-refractivity contribution in [3.05, 3.63) is 0 Å². The first-order chi connectivity index (χ1) is 34.0. The van der Waals surface area contributed by atoms with E-state index in [0.29, 0.717) is 25.7 Å². The predicted molar refractivity (Wildman–Crippen MR) is 289 cm³/mol. The Labute approximate surface area is 449 Å². The molecule has 0 aliphatic rings. The summed E-state index contributed by atoms with van der Waals surface area (Å²) >= 11 is 0. The van der Waals surface area contributed by atoms with Gasteiger partial charge in [0.1, 0.15) is 0 Å². The van der Waals surface area contributed by atoms with Crippen LogP contribution in [0.4, 0.5) is 0 Å². The van der Waals surface area contributed by atoms with Gasteiger partial charge in [0, 0.05) is 38.5 Å². The van der Waals surface area contributed by atoms with Gasteiger partial charge in [0.2, 0.25) is 0 Å². The summed E-state index contributed by atoms with van der Waals surface area (Å²) in [6.45, 7) is 26.6. The summed E-state index contributed by atoms with van der Waals surface area (Å²) in [5.74, 6) is -5.18. The van der Waals surface area contributed by atoms with E-state index in [9.17, 15) is 83.1 Å². The molecular weight excluding hydrogens is 973 g/mol. The summed E-state index contributed by atoms with van der Waals surface area (Å²) in [6, 6.07) is 0. The number of unbranched alkanes of at least 4 members (excludes halogenated alkanes) is 10. The second kappa shape index (κ2) is 41.9. The maximum absolute atomic E-state index is 11.5. The zero-order valence-corrected chi connectivity index (χ0v) is 49.4. The Morgan fingerprint density at radius 2 is 0.413 bits per heavy atom. The SMILES string of the molecule is CCC(=O)C(C)(O)C(C)=O.CCCC(=O)C(C)(O)C(C)=O.CCCCC(=O)C(C)(O)C(C)=O.CCCCCC(=O)C(C)(O)C(C)=O.CCCCCCC(=O)C(C)(O)C(C)=O.CCCCCCCC(=O)C(C)(O)C(C)=O. The maximum atomic E-state index is 11.5. The van der Waals surface area contributed by atoms with Gasteiger partial charge in [-0.25, -0.2) is 0 Å². The van der Waals surface area contributed by atoms with E-state index in [1.807, 2.05) is 20.8 Å². The minimum Gasteiger partial charge on any atom is -0.375 e. The molecule has 0 bridgehead atoms. The molecule has 0 saturated heterocycles. The normalized spacial score (nSPS) is 15.2. The summed E-state index contributed by atoms with van der Waals surface area (Å²) in [6.07, 6.45) is 15.8. The van der Waals surface area contributed by atoms with Crippen LogP contribution in [0.3, 0.4) is 0 Å². The van der Waals surface area contributed by atoms with Crippen LogP contribution in [0.25, 0.3) is 0 Å². The van der Waals surface area contributed by atoms with E-state index in [0.717, 1.165) is 77.0 Å². The minimum absolute atomic E-state index is 0.187. The lowest BCUT2D eigenvalue weighted by atomic mass is 9.92. The molecule has 18 heteroatoms. The van der Waals surface area contributed by atoms with E-state index in [1.54, 1.807) is 6.92 Å². The molecule has 0 aromatic carbocycles. The van der Waals surface area contributed by atoms with Gasteiger partial charge in [-0.15, -0.1) is 0 Å². The molecule has 0 amide bonds. The predicted octanol–water partition coefficient (Wildman–Crippen LogP) is 7.68. The number of ketones is 12. The standard InChI is InChI=1S/C12H22O3.C11H20O3.C10H18O3.C9H16O3.C8H14O3.C7H12O3/c1-4-5-6-7-8-9-11(14)12(3,15)10(2)13;1-4-5-6-7-8-10(13)11(3,14)9(2)12;1-4-5-6-7-9(12)10(3,13)8(2)11;1-4-5-6-8(11)9(3,12)7(2)10;1-4-5-7(10)8(3,11)6(2)9;1-4-6(9)7(3,10)5(2)8/h15H,4-9H2,1-3H3;14H,4-8H2,1-3H3;13H,4-7H2,1-3H3;12H,4-6H2,1-3H3;11H,4-5H2,1-3H3;10H,4H2,1-3H3. The van der Waals surface area contributed by atoms with Crippen molar-refractivity contribution in [1.82, 2.24) is 0 Å². The lowest BCUT2D eigenvalue weighted by Gasteiger charge is -2.17. The summed E-state index contributed by atoms with van der Waals surface area (Å²) in [7, 11) is 0. The molecular formula is C57H102O18. The number of aliphatic hydroxyl groups is 6. The number of rotatable bonds is 33. The smallest absolute Gasteiger partial charge is 0.177 e. The van der Waals surface area contributed by atoms with Gasteiger partial charge < -0.3 is 30.6 Å². The molecule has 0 aromatic heterocycles. The van der Waals surface area contributed by atoms with Gasteiger partial charge in [0.05, 0.1) is 0 Å².